The van der Waals surface area contributed by atoms with Gasteiger partial charge in [-0.05, 0) is 25.0 Å². The fourth-order valence-electron chi connectivity index (χ4n) is 2.99. The SMILES string of the molecule is CCOP(=O)(OCC)C(NC(=O)OCc1ccccc1)C(=O)OC.COC(=O)C(NC(=O)OCc1ccccc1)OC. The molecule has 15 heteroatoms. The van der Waals surface area contributed by atoms with Gasteiger partial charge >= 0.3 is 31.7 Å². The average molecular weight is 613 g/mol. The predicted octanol–water partition coefficient (Wildman–Crippen LogP) is 3.74. The van der Waals surface area contributed by atoms with E-state index in [2.05, 4.69) is 20.1 Å². The van der Waals surface area contributed by atoms with E-state index in [1.165, 1.54) is 14.2 Å². The average Bonchev–Trinajstić information content (AvgIpc) is 3.01. The van der Waals surface area contributed by atoms with Gasteiger partial charge in [-0.2, -0.15) is 0 Å². The largest absolute Gasteiger partial charge is 0.467 e. The topological polar surface area (TPSA) is 174 Å². The Morgan fingerprint density at radius 2 is 1.12 bits per heavy atom. The highest BCUT2D eigenvalue weighted by molar-refractivity contribution is 7.55. The standard InChI is InChI=1S/C15H22NO7P.C12H15NO5/c1-4-22-24(19,23-5-2)13(14(17)20-3)16-15(18)21-11-12-9-7-6-8-10-12;1-16-10(11(14)17-2)13-12(15)18-8-9-6-4-3-5-7-9/h6-10,13H,4-5,11H2,1-3H3,(H,16,18);3-7,10H,8H2,1-2H3,(H,13,15). The van der Waals surface area contributed by atoms with Gasteiger partial charge in [0, 0.05) is 7.11 Å². The summed E-state index contributed by atoms with van der Waals surface area (Å²) in [6, 6.07) is 18.2. The van der Waals surface area contributed by atoms with Crippen molar-refractivity contribution in [3.8, 4) is 0 Å². The number of hydrogen-bond acceptors (Lipinski definition) is 12. The van der Waals surface area contributed by atoms with Crippen molar-refractivity contribution in [1.29, 1.82) is 0 Å². The Kier molecular flexibility index (Phi) is 17.2. The zero-order valence-corrected chi connectivity index (χ0v) is 25.0. The van der Waals surface area contributed by atoms with Gasteiger partial charge in [0.25, 0.3) is 0 Å². The van der Waals surface area contributed by atoms with Crippen LogP contribution in [0.25, 0.3) is 0 Å². The molecule has 232 valence electrons. The van der Waals surface area contributed by atoms with Crippen molar-refractivity contribution in [3.05, 3.63) is 71.8 Å². The molecule has 0 aliphatic heterocycles. The summed E-state index contributed by atoms with van der Waals surface area (Å²) in [5.74, 6) is -3.25. The van der Waals surface area contributed by atoms with Crippen LogP contribution in [0.2, 0.25) is 0 Å². The van der Waals surface area contributed by atoms with E-state index in [1.807, 2.05) is 36.4 Å². The second-order valence-corrected chi connectivity index (χ2v) is 9.96. The number of carbonyl (C=O) groups is 4. The molecule has 14 nitrogen and oxygen atoms in total. The van der Waals surface area contributed by atoms with E-state index in [9.17, 15) is 23.7 Å². The highest BCUT2D eigenvalue weighted by Gasteiger charge is 2.43. The molecule has 0 fully saturated rings. The fourth-order valence-corrected chi connectivity index (χ4v) is 4.71. The third-order valence-corrected chi connectivity index (χ3v) is 7.15. The maximum Gasteiger partial charge on any atom is 0.409 e. The minimum absolute atomic E-state index is 0.00582. The van der Waals surface area contributed by atoms with Crippen molar-refractivity contribution >= 4 is 31.7 Å². The van der Waals surface area contributed by atoms with Crippen LogP contribution < -0.4 is 10.6 Å². The molecule has 0 aromatic heterocycles. The van der Waals surface area contributed by atoms with Crippen LogP contribution in [0.1, 0.15) is 25.0 Å². The van der Waals surface area contributed by atoms with Gasteiger partial charge in [0.15, 0.2) is 0 Å². The number of benzene rings is 2. The fraction of sp³-hybridized carbons (Fsp3) is 0.407. The van der Waals surface area contributed by atoms with E-state index >= 15 is 0 Å². The number of ether oxygens (including phenoxy) is 5. The van der Waals surface area contributed by atoms with Crippen molar-refractivity contribution in [2.75, 3.05) is 34.5 Å². The van der Waals surface area contributed by atoms with Gasteiger partial charge in [-0.1, -0.05) is 60.7 Å². The van der Waals surface area contributed by atoms with Crippen molar-refractivity contribution in [3.63, 3.8) is 0 Å². The van der Waals surface area contributed by atoms with Crippen LogP contribution in [0, 0.1) is 0 Å². The number of methoxy groups -OCH3 is 3. The minimum Gasteiger partial charge on any atom is -0.467 e. The van der Waals surface area contributed by atoms with Gasteiger partial charge in [0.05, 0.1) is 27.4 Å². The monoisotopic (exact) mass is 612 g/mol. The Bertz CT molecular complexity index is 1140. The van der Waals surface area contributed by atoms with Gasteiger partial charge < -0.3 is 32.7 Å². The van der Waals surface area contributed by atoms with E-state index in [0.717, 1.165) is 18.2 Å². The molecule has 0 saturated carbocycles. The van der Waals surface area contributed by atoms with E-state index in [4.69, 9.17) is 23.3 Å². The van der Waals surface area contributed by atoms with Gasteiger partial charge in [-0.15, -0.1) is 0 Å². The Hall–Kier alpha value is -3.97. The third kappa shape index (κ3) is 13.1. The lowest BCUT2D eigenvalue weighted by atomic mass is 10.2. The zero-order chi connectivity index (χ0) is 31.4. The lowest BCUT2D eigenvalue weighted by Crippen LogP contribution is -2.42. The molecule has 0 bridgehead atoms. The second-order valence-electron chi connectivity index (χ2n) is 7.85. The van der Waals surface area contributed by atoms with Crippen LogP contribution in [0.15, 0.2) is 60.7 Å². The Labute approximate surface area is 244 Å². The molecule has 2 amide bonds. The Morgan fingerprint density at radius 1 is 0.690 bits per heavy atom. The summed E-state index contributed by atoms with van der Waals surface area (Å²) < 4.78 is 46.5. The smallest absolute Gasteiger partial charge is 0.409 e. The van der Waals surface area contributed by atoms with Crippen LogP contribution in [0.5, 0.6) is 0 Å². The van der Waals surface area contributed by atoms with Gasteiger partial charge in [-0.25, -0.2) is 19.2 Å². The van der Waals surface area contributed by atoms with Crippen molar-refractivity contribution < 1.29 is 56.5 Å². The van der Waals surface area contributed by atoms with E-state index in [1.54, 1.807) is 38.1 Å². The van der Waals surface area contributed by atoms with Gasteiger partial charge in [-0.3, -0.25) is 15.2 Å². The Morgan fingerprint density at radius 3 is 1.50 bits per heavy atom. The van der Waals surface area contributed by atoms with Crippen molar-refractivity contribution in [1.82, 2.24) is 10.6 Å². The third-order valence-electron chi connectivity index (χ3n) is 4.94. The molecule has 0 aliphatic rings. The van der Waals surface area contributed by atoms with Crippen LogP contribution in [0.4, 0.5) is 9.59 Å². The summed E-state index contributed by atoms with van der Waals surface area (Å²) in [5, 5.41) is 4.43. The normalized spacial score (nSPS) is 11.9. The van der Waals surface area contributed by atoms with E-state index in [0.29, 0.717) is 0 Å². The summed E-state index contributed by atoms with van der Waals surface area (Å²) >= 11 is 0. The second kappa shape index (κ2) is 20.0. The molecule has 2 atom stereocenters. The number of esters is 2. The first-order valence-corrected chi connectivity index (χ1v) is 14.3. The lowest BCUT2D eigenvalue weighted by Gasteiger charge is -2.24. The summed E-state index contributed by atoms with van der Waals surface area (Å²) in [6.07, 6.45) is -2.86. The first kappa shape index (κ1) is 36.1. The molecular formula is C27H37N2O12P. The van der Waals surface area contributed by atoms with Crippen LogP contribution in [-0.2, 0) is 60.1 Å². The minimum atomic E-state index is -3.94. The summed E-state index contributed by atoms with van der Waals surface area (Å²) in [6.45, 7) is 3.36. The lowest BCUT2D eigenvalue weighted by molar-refractivity contribution is -0.153. The zero-order valence-electron chi connectivity index (χ0n) is 24.1. The molecule has 2 aromatic rings. The highest BCUT2D eigenvalue weighted by atomic mass is 31.2. The van der Waals surface area contributed by atoms with E-state index in [-0.39, 0.29) is 26.4 Å². The predicted molar refractivity (Wildman–Crippen MR) is 149 cm³/mol. The number of alkyl carbamates (subject to hydrolysis) is 2. The summed E-state index contributed by atoms with van der Waals surface area (Å²) in [7, 11) is -0.356. The molecule has 0 spiro atoms. The highest BCUT2D eigenvalue weighted by Crippen LogP contribution is 2.52. The van der Waals surface area contributed by atoms with Crippen LogP contribution in [0.3, 0.4) is 0 Å². The van der Waals surface area contributed by atoms with Crippen molar-refractivity contribution in [2.24, 2.45) is 0 Å². The summed E-state index contributed by atoms with van der Waals surface area (Å²) in [4.78, 5) is 46.3. The van der Waals surface area contributed by atoms with Crippen molar-refractivity contribution in [2.45, 2.75) is 39.1 Å². The maximum atomic E-state index is 12.7. The van der Waals surface area contributed by atoms with Crippen LogP contribution >= 0.6 is 7.60 Å². The number of amides is 2. The molecule has 2 aromatic carbocycles. The number of carbonyl (C=O) groups excluding carboxylic acids is 4. The Balaban J connectivity index is 0.000000437. The van der Waals surface area contributed by atoms with E-state index < -0.39 is 43.7 Å². The molecule has 0 saturated heterocycles. The molecule has 2 rings (SSSR count). The molecule has 2 unspecified atom stereocenters. The maximum absolute atomic E-state index is 12.7. The number of rotatable bonds is 14. The van der Waals surface area contributed by atoms with Crippen LogP contribution in [-0.4, -0.2) is 70.7 Å². The van der Waals surface area contributed by atoms with Gasteiger partial charge in [0.1, 0.15) is 13.2 Å². The molecule has 2 N–H and O–H groups in total. The molecule has 0 aliphatic carbocycles. The first-order valence-electron chi connectivity index (χ1n) is 12.7. The number of nitrogens with one attached hydrogen (secondary N) is 2. The van der Waals surface area contributed by atoms with Gasteiger partial charge in [0.2, 0.25) is 12.0 Å². The molecule has 42 heavy (non-hydrogen) atoms. The summed E-state index contributed by atoms with van der Waals surface area (Å²) in [5.41, 5.74) is 1.61. The molecular weight excluding hydrogens is 575 g/mol. The first-order chi connectivity index (χ1) is 20.1. The number of hydrogen-bond donors (Lipinski definition) is 2. The quantitative estimate of drug-likeness (QED) is 0.137. The molecule has 0 radical (unpaired) electrons. The molecule has 0 heterocycles.